The molecule has 1 atom stereocenters. The first-order chi connectivity index (χ1) is 14.9. The second-order valence-corrected chi connectivity index (χ2v) is 9.64. The van der Waals surface area contributed by atoms with Crippen LogP contribution in [0.1, 0.15) is 40.6 Å². The van der Waals surface area contributed by atoms with Crippen molar-refractivity contribution in [1.29, 1.82) is 0 Å². The van der Waals surface area contributed by atoms with E-state index in [9.17, 15) is 14.4 Å². The van der Waals surface area contributed by atoms with Crippen LogP contribution in [0.5, 0.6) is 0 Å². The molecule has 1 aliphatic rings. The van der Waals surface area contributed by atoms with Gasteiger partial charge >= 0.3 is 0 Å². The maximum atomic E-state index is 12.8. The van der Waals surface area contributed by atoms with Gasteiger partial charge in [0.2, 0.25) is 5.91 Å². The molecule has 31 heavy (non-hydrogen) atoms. The molecule has 160 valence electrons. The van der Waals surface area contributed by atoms with Crippen LogP contribution in [0.4, 0.5) is 5.00 Å². The number of anilines is 1. The van der Waals surface area contributed by atoms with Gasteiger partial charge < -0.3 is 11.1 Å². The number of hydrogen-bond donors (Lipinski definition) is 3. The Morgan fingerprint density at radius 1 is 1.19 bits per heavy atom. The van der Waals surface area contributed by atoms with Gasteiger partial charge in [-0.25, -0.2) is 0 Å². The molecule has 2 amide bonds. The lowest BCUT2D eigenvalue weighted by Crippen LogP contribution is -2.25. The maximum absolute atomic E-state index is 12.8. The van der Waals surface area contributed by atoms with E-state index in [-0.39, 0.29) is 22.3 Å². The van der Waals surface area contributed by atoms with Crippen LogP contribution in [0.25, 0.3) is 11.3 Å². The SMILES string of the molecule is CC(Sc1nnc(-c2ccccc2)c(=O)[nH]1)C(=O)Nc1sc2c(c1C(N)=O)CCCC2. The molecule has 1 unspecified atom stereocenters. The minimum absolute atomic E-state index is 0.220. The predicted molar refractivity (Wildman–Crippen MR) is 122 cm³/mol. The van der Waals surface area contributed by atoms with Crippen LogP contribution < -0.4 is 16.6 Å². The fourth-order valence-corrected chi connectivity index (χ4v) is 5.55. The van der Waals surface area contributed by atoms with E-state index in [1.807, 2.05) is 18.2 Å². The van der Waals surface area contributed by atoms with E-state index in [1.54, 1.807) is 19.1 Å². The highest BCUT2D eigenvalue weighted by atomic mass is 32.2. The third-order valence-electron chi connectivity index (χ3n) is 5.04. The number of rotatable bonds is 6. The third-order valence-corrected chi connectivity index (χ3v) is 7.22. The first-order valence-electron chi connectivity index (χ1n) is 9.88. The van der Waals surface area contributed by atoms with Crippen molar-refractivity contribution < 1.29 is 9.59 Å². The normalized spacial score (nSPS) is 14.0. The van der Waals surface area contributed by atoms with E-state index in [1.165, 1.54) is 11.3 Å². The van der Waals surface area contributed by atoms with Crippen LogP contribution in [-0.4, -0.2) is 32.2 Å². The molecule has 10 heteroatoms. The van der Waals surface area contributed by atoms with Gasteiger partial charge in [-0.05, 0) is 38.2 Å². The summed E-state index contributed by atoms with van der Waals surface area (Å²) < 4.78 is 0. The number of thiophene rings is 1. The highest BCUT2D eigenvalue weighted by Crippen LogP contribution is 2.38. The zero-order chi connectivity index (χ0) is 22.0. The molecule has 0 fully saturated rings. The molecule has 0 radical (unpaired) electrons. The number of H-pyrrole nitrogens is 1. The molecule has 3 aromatic rings. The summed E-state index contributed by atoms with van der Waals surface area (Å²) >= 11 is 2.50. The molecule has 0 aliphatic heterocycles. The highest BCUT2D eigenvalue weighted by Gasteiger charge is 2.26. The average Bonchev–Trinajstić information content (AvgIpc) is 3.12. The Morgan fingerprint density at radius 3 is 2.65 bits per heavy atom. The Labute approximate surface area is 186 Å². The van der Waals surface area contributed by atoms with Crippen molar-refractivity contribution in [3.05, 3.63) is 56.7 Å². The Hall–Kier alpha value is -2.98. The Kier molecular flexibility index (Phi) is 6.19. The Balaban J connectivity index is 1.49. The molecule has 0 saturated carbocycles. The summed E-state index contributed by atoms with van der Waals surface area (Å²) in [5.74, 6) is -0.831. The second kappa shape index (κ2) is 9.03. The van der Waals surface area contributed by atoms with Crippen molar-refractivity contribution in [2.75, 3.05) is 5.32 Å². The number of nitrogens with two attached hydrogens (primary N) is 1. The van der Waals surface area contributed by atoms with Crippen molar-refractivity contribution in [2.45, 2.75) is 43.0 Å². The number of fused-ring (bicyclic) bond motifs is 1. The molecule has 4 N–H and O–H groups in total. The maximum Gasteiger partial charge on any atom is 0.278 e. The largest absolute Gasteiger partial charge is 0.365 e. The molecule has 1 aromatic carbocycles. The van der Waals surface area contributed by atoms with E-state index < -0.39 is 11.2 Å². The van der Waals surface area contributed by atoms with Crippen molar-refractivity contribution in [3.63, 3.8) is 0 Å². The number of aromatic amines is 1. The van der Waals surface area contributed by atoms with E-state index in [0.29, 0.717) is 16.1 Å². The van der Waals surface area contributed by atoms with E-state index in [2.05, 4.69) is 20.5 Å². The molecule has 0 spiro atoms. The summed E-state index contributed by atoms with van der Waals surface area (Å²) in [5.41, 5.74) is 7.49. The molecular formula is C21H21N5O3S2. The van der Waals surface area contributed by atoms with Crippen LogP contribution in [-0.2, 0) is 17.6 Å². The number of nitrogens with one attached hydrogen (secondary N) is 2. The number of thioether (sulfide) groups is 1. The van der Waals surface area contributed by atoms with Gasteiger partial charge in [-0.3, -0.25) is 19.4 Å². The van der Waals surface area contributed by atoms with Crippen molar-refractivity contribution >= 4 is 39.9 Å². The quantitative estimate of drug-likeness (QED) is 0.490. The number of aromatic nitrogens is 3. The van der Waals surface area contributed by atoms with Crippen molar-refractivity contribution in [3.8, 4) is 11.3 Å². The van der Waals surface area contributed by atoms with Crippen molar-refractivity contribution in [1.82, 2.24) is 15.2 Å². The molecule has 2 aromatic heterocycles. The van der Waals surface area contributed by atoms with Crippen molar-refractivity contribution in [2.24, 2.45) is 5.73 Å². The number of primary amides is 1. The van der Waals surface area contributed by atoms with Gasteiger partial charge in [0.15, 0.2) is 10.9 Å². The number of carbonyl (C=O) groups excluding carboxylic acids is 2. The van der Waals surface area contributed by atoms with E-state index >= 15 is 0 Å². The summed E-state index contributed by atoms with van der Waals surface area (Å²) in [6, 6.07) is 9.03. The number of nitrogens with zero attached hydrogens (tertiary/aromatic N) is 2. The highest BCUT2D eigenvalue weighted by molar-refractivity contribution is 8.00. The van der Waals surface area contributed by atoms with Gasteiger partial charge in [0.1, 0.15) is 5.00 Å². The first kappa shape index (κ1) is 21.3. The Bertz CT molecular complexity index is 1190. The molecule has 0 bridgehead atoms. The minimum Gasteiger partial charge on any atom is -0.365 e. The number of benzene rings is 1. The summed E-state index contributed by atoms with van der Waals surface area (Å²) in [4.78, 5) is 40.9. The Morgan fingerprint density at radius 2 is 1.94 bits per heavy atom. The summed E-state index contributed by atoms with van der Waals surface area (Å²) in [6.07, 6.45) is 3.77. The molecule has 1 aliphatic carbocycles. The third kappa shape index (κ3) is 4.54. The molecule has 8 nitrogen and oxygen atoms in total. The van der Waals surface area contributed by atoms with Gasteiger partial charge in [0.25, 0.3) is 11.5 Å². The fraction of sp³-hybridized carbons (Fsp3) is 0.286. The van der Waals surface area contributed by atoms with Crippen LogP contribution >= 0.6 is 23.1 Å². The molecule has 2 heterocycles. The number of aryl methyl sites for hydroxylation is 1. The van der Waals surface area contributed by atoms with Crippen LogP contribution in [0.3, 0.4) is 0 Å². The van der Waals surface area contributed by atoms with Gasteiger partial charge in [0.05, 0.1) is 10.8 Å². The first-order valence-corrected chi connectivity index (χ1v) is 11.6. The summed E-state index contributed by atoms with van der Waals surface area (Å²) in [7, 11) is 0. The molecule has 0 saturated heterocycles. The number of hydrogen-bond acceptors (Lipinski definition) is 7. The standard InChI is InChI=1S/C21H21N5O3S2/c1-11(30-21-24-19(29)16(25-26-21)12-7-3-2-4-8-12)18(28)23-20-15(17(22)27)13-9-5-6-10-14(13)31-20/h2-4,7-8,11H,5-6,9-10H2,1H3,(H2,22,27)(H,23,28)(H,24,26,29). The second-order valence-electron chi connectivity index (χ2n) is 7.20. The lowest BCUT2D eigenvalue weighted by atomic mass is 9.95. The zero-order valence-corrected chi connectivity index (χ0v) is 18.4. The minimum atomic E-state index is -0.577. The summed E-state index contributed by atoms with van der Waals surface area (Å²) in [5, 5.41) is 11.1. The van der Waals surface area contributed by atoms with Gasteiger partial charge in [-0.15, -0.1) is 21.5 Å². The lowest BCUT2D eigenvalue weighted by Gasteiger charge is -2.12. The van der Waals surface area contributed by atoms with Gasteiger partial charge in [0, 0.05) is 10.4 Å². The van der Waals surface area contributed by atoms with Gasteiger partial charge in [-0.1, -0.05) is 42.1 Å². The predicted octanol–water partition coefficient (Wildman–Crippen LogP) is 2.99. The average molecular weight is 456 g/mol. The van der Waals surface area contributed by atoms with E-state index in [4.69, 9.17) is 5.73 Å². The monoisotopic (exact) mass is 455 g/mol. The lowest BCUT2D eigenvalue weighted by molar-refractivity contribution is -0.115. The molecule has 4 rings (SSSR count). The summed E-state index contributed by atoms with van der Waals surface area (Å²) in [6.45, 7) is 1.70. The van der Waals surface area contributed by atoms with E-state index in [0.717, 1.165) is 47.9 Å². The number of carbonyl (C=O) groups is 2. The number of amides is 2. The topological polar surface area (TPSA) is 131 Å². The smallest absolute Gasteiger partial charge is 0.278 e. The molecular weight excluding hydrogens is 434 g/mol. The zero-order valence-electron chi connectivity index (χ0n) is 16.8. The van der Waals surface area contributed by atoms with Crippen LogP contribution in [0.15, 0.2) is 40.3 Å². The van der Waals surface area contributed by atoms with Crippen LogP contribution in [0, 0.1) is 0 Å². The van der Waals surface area contributed by atoms with Gasteiger partial charge in [-0.2, -0.15) is 0 Å². The van der Waals surface area contributed by atoms with Crippen LogP contribution in [0.2, 0.25) is 0 Å². The fourth-order valence-electron chi connectivity index (χ4n) is 3.51.